The fourth-order valence-corrected chi connectivity index (χ4v) is 3.70. The first kappa shape index (κ1) is 22.6. The fourth-order valence-electron chi connectivity index (χ4n) is 3.70. The van der Waals surface area contributed by atoms with E-state index >= 15 is 0 Å². The number of aryl methyl sites for hydroxylation is 1. The average Bonchev–Trinajstić information content (AvgIpc) is 2.81. The van der Waals surface area contributed by atoms with Gasteiger partial charge in [-0.25, -0.2) is 4.39 Å². The maximum atomic E-state index is 13.9. The van der Waals surface area contributed by atoms with E-state index in [9.17, 15) is 14.0 Å². The van der Waals surface area contributed by atoms with Gasteiger partial charge in [-0.15, -0.1) is 0 Å². The second-order valence-corrected chi connectivity index (χ2v) is 8.01. The van der Waals surface area contributed by atoms with Crippen LogP contribution >= 0.6 is 0 Å². The summed E-state index contributed by atoms with van der Waals surface area (Å²) in [6, 6.07) is 18.6. The molecule has 7 heteroatoms. The lowest BCUT2D eigenvalue weighted by atomic mass is 10.1. The average molecular weight is 448 g/mol. The van der Waals surface area contributed by atoms with Gasteiger partial charge < -0.3 is 15.4 Å². The van der Waals surface area contributed by atoms with Crippen LogP contribution in [0, 0.1) is 12.7 Å². The van der Waals surface area contributed by atoms with Crippen molar-refractivity contribution >= 4 is 23.2 Å². The SMILES string of the molecule is Cc1ccc(C(=O)Nc2cccc(CN3CCOCC3)c2)cc1NC(=O)c1ccccc1F. The molecule has 3 aromatic carbocycles. The minimum absolute atomic E-state index is 0.0520. The summed E-state index contributed by atoms with van der Waals surface area (Å²) in [6.45, 7) is 5.86. The van der Waals surface area contributed by atoms with Crippen molar-refractivity contribution in [2.24, 2.45) is 0 Å². The van der Waals surface area contributed by atoms with Crippen LogP contribution in [0.1, 0.15) is 31.8 Å². The number of carbonyl (C=O) groups excluding carboxylic acids is 2. The van der Waals surface area contributed by atoms with Crippen LogP contribution in [0.4, 0.5) is 15.8 Å². The summed E-state index contributed by atoms with van der Waals surface area (Å²) in [7, 11) is 0. The van der Waals surface area contributed by atoms with Crippen molar-refractivity contribution in [3.05, 3.63) is 94.8 Å². The third-order valence-electron chi connectivity index (χ3n) is 5.56. The van der Waals surface area contributed by atoms with Gasteiger partial charge in [0.25, 0.3) is 11.8 Å². The number of nitrogens with zero attached hydrogens (tertiary/aromatic N) is 1. The predicted octanol–water partition coefficient (Wildman–Crippen LogP) is 4.47. The molecule has 2 amide bonds. The van der Waals surface area contributed by atoms with Gasteiger partial charge in [0.05, 0.1) is 18.8 Å². The Balaban J connectivity index is 1.45. The van der Waals surface area contributed by atoms with Gasteiger partial charge in [-0.1, -0.05) is 30.3 Å². The Morgan fingerprint density at radius 1 is 0.939 bits per heavy atom. The molecule has 1 heterocycles. The van der Waals surface area contributed by atoms with Gasteiger partial charge in [0.1, 0.15) is 5.82 Å². The molecule has 0 spiro atoms. The summed E-state index contributed by atoms with van der Waals surface area (Å²) in [5.74, 6) is -1.46. The number of amides is 2. The number of rotatable bonds is 6. The first-order valence-electron chi connectivity index (χ1n) is 10.9. The van der Waals surface area contributed by atoms with Gasteiger partial charge in [-0.3, -0.25) is 14.5 Å². The van der Waals surface area contributed by atoms with Crippen LogP contribution in [-0.2, 0) is 11.3 Å². The van der Waals surface area contributed by atoms with Crippen LogP contribution in [0.25, 0.3) is 0 Å². The zero-order valence-corrected chi connectivity index (χ0v) is 18.4. The molecule has 0 aromatic heterocycles. The molecule has 0 radical (unpaired) electrons. The molecule has 33 heavy (non-hydrogen) atoms. The third-order valence-corrected chi connectivity index (χ3v) is 5.56. The van der Waals surface area contributed by atoms with Crippen molar-refractivity contribution in [2.75, 3.05) is 36.9 Å². The summed E-state index contributed by atoms with van der Waals surface area (Å²) in [6.07, 6.45) is 0. The Kier molecular flexibility index (Phi) is 7.12. The Labute approximate surface area is 192 Å². The van der Waals surface area contributed by atoms with Crippen LogP contribution in [0.5, 0.6) is 0 Å². The molecule has 0 bridgehead atoms. The highest BCUT2D eigenvalue weighted by atomic mass is 19.1. The molecule has 6 nitrogen and oxygen atoms in total. The number of hydrogen-bond acceptors (Lipinski definition) is 4. The van der Waals surface area contributed by atoms with Crippen LogP contribution < -0.4 is 10.6 Å². The van der Waals surface area contributed by atoms with Crippen LogP contribution in [-0.4, -0.2) is 43.0 Å². The summed E-state index contributed by atoms with van der Waals surface area (Å²) in [5, 5.41) is 5.63. The smallest absolute Gasteiger partial charge is 0.258 e. The van der Waals surface area contributed by atoms with E-state index < -0.39 is 11.7 Å². The molecule has 0 atom stereocenters. The van der Waals surface area contributed by atoms with Gasteiger partial charge in [-0.05, 0) is 54.4 Å². The molecule has 0 unspecified atom stereocenters. The minimum atomic E-state index is -0.599. The number of hydrogen-bond donors (Lipinski definition) is 2. The zero-order chi connectivity index (χ0) is 23.2. The topological polar surface area (TPSA) is 70.7 Å². The molecule has 170 valence electrons. The van der Waals surface area contributed by atoms with Crippen molar-refractivity contribution in [1.82, 2.24) is 4.90 Å². The zero-order valence-electron chi connectivity index (χ0n) is 18.4. The highest BCUT2D eigenvalue weighted by Gasteiger charge is 2.15. The first-order valence-corrected chi connectivity index (χ1v) is 10.9. The van der Waals surface area contributed by atoms with Crippen LogP contribution in [0.2, 0.25) is 0 Å². The maximum Gasteiger partial charge on any atom is 0.258 e. The molecule has 4 rings (SSSR count). The largest absolute Gasteiger partial charge is 0.379 e. The maximum absolute atomic E-state index is 13.9. The van der Waals surface area contributed by atoms with Gasteiger partial charge in [-0.2, -0.15) is 0 Å². The Morgan fingerprint density at radius 2 is 1.73 bits per heavy atom. The van der Waals surface area contributed by atoms with E-state index in [1.807, 2.05) is 31.2 Å². The van der Waals surface area contributed by atoms with Gasteiger partial charge >= 0.3 is 0 Å². The number of anilines is 2. The molecule has 2 N–H and O–H groups in total. The summed E-state index contributed by atoms with van der Waals surface area (Å²) in [5.41, 5.74) is 3.37. The molecule has 1 fully saturated rings. The molecule has 0 aliphatic carbocycles. The monoisotopic (exact) mass is 447 g/mol. The first-order chi connectivity index (χ1) is 16.0. The van der Waals surface area contributed by atoms with Crippen LogP contribution in [0.3, 0.4) is 0 Å². The van der Waals surface area contributed by atoms with Crippen molar-refractivity contribution in [2.45, 2.75) is 13.5 Å². The number of halogens is 1. The fraction of sp³-hybridized carbons (Fsp3) is 0.231. The number of morpholine rings is 1. The van der Waals surface area contributed by atoms with E-state index in [-0.39, 0.29) is 11.5 Å². The summed E-state index contributed by atoms with van der Waals surface area (Å²) < 4.78 is 19.3. The van der Waals surface area contributed by atoms with Crippen molar-refractivity contribution < 1.29 is 18.7 Å². The molecule has 3 aromatic rings. The van der Waals surface area contributed by atoms with Crippen molar-refractivity contribution in [1.29, 1.82) is 0 Å². The lowest BCUT2D eigenvalue weighted by Gasteiger charge is -2.26. The quantitative estimate of drug-likeness (QED) is 0.585. The van der Waals surface area contributed by atoms with Crippen molar-refractivity contribution in [3.63, 3.8) is 0 Å². The Bertz CT molecular complexity index is 1160. The highest BCUT2D eigenvalue weighted by molar-refractivity contribution is 6.07. The van der Waals surface area contributed by atoms with E-state index in [0.29, 0.717) is 16.9 Å². The van der Waals surface area contributed by atoms with E-state index in [4.69, 9.17) is 4.74 Å². The van der Waals surface area contributed by atoms with Gasteiger partial charge in [0.15, 0.2) is 0 Å². The summed E-state index contributed by atoms with van der Waals surface area (Å²) >= 11 is 0. The Hall–Kier alpha value is -3.55. The van der Waals surface area contributed by atoms with Crippen LogP contribution in [0.15, 0.2) is 66.7 Å². The standard InChI is InChI=1S/C26H26FN3O3/c1-18-9-10-20(16-24(18)29-26(32)22-7-2-3-8-23(22)27)25(31)28-21-6-4-5-19(15-21)17-30-11-13-33-14-12-30/h2-10,15-16H,11-14,17H2,1H3,(H,28,31)(H,29,32). The highest BCUT2D eigenvalue weighted by Crippen LogP contribution is 2.21. The lowest BCUT2D eigenvalue weighted by Crippen LogP contribution is -2.35. The predicted molar refractivity (Wildman–Crippen MR) is 126 cm³/mol. The molecular formula is C26H26FN3O3. The van der Waals surface area contributed by atoms with E-state index in [1.165, 1.54) is 18.2 Å². The normalized spacial score (nSPS) is 14.0. The van der Waals surface area contributed by atoms with Gasteiger partial charge in [0.2, 0.25) is 0 Å². The van der Waals surface area contributed by atoms with Gasteiger partial charge in [0, 0.05) is 36.6 Å². The van der Waals surface area contributed by atoms with E-state index in [2.05, 4.69) is 15.5 Å². The molecule has 1 aliphatic rings. The van der Waals surface area contributed by atoms with Crippen molar-refractivity contribution in [3.8, 4) is 0 Å². The molecule has 0 saturated carbocycles. The summed E-state index contributed by atoms with van der Waals surface area (Å²) in [4.78, 5) is 27.7. The minimum Gasteiger partial charge on any atom is -0.379 e. The molecule has 1 aliphatic heterocycles. The number of carbonyl (C=O) groups is 2. The molecular weight excluding hydrogens is 421 g/mol. The number of ether oxygens (including phenoxy) is 1. The second-order valence-electron chi connectivity index (χ2n) is 8.01. The number of benzene rings is 3. The van der Waals surface area contributed by atoms with E-state index in [0.717, 1.165) is 44.0 Å². The molecule has 1 saturated heterocycles. The number of nitrogens with one attached hydrogen (secondary N) is 2. The lowest BCUT2D eigenvalue weighted by molar-refractivity contribution is 0.0342. The Morgan fingerprint density at radius 3 is 2.52 bits per heavy atom. The third kappa shape index (κ3) is 5.83. The second kappa shape index (κ2) is 10.4. The van der Waals surface area contributed by atoms with E-state index in [1.54, 1.807) is 24.3 Å².